The van der Waals surface area contributed by atoms with Gasteiger partial charge in [-0.3, -0.25) is 9.59 Å². The second kappa shape index (κ2) is 7.35. The largest absolute Gasteiger partial charge is 0.481 e. The van der Waals surface area contributed by atoms with Gasteiger partial charge in [0.05, 0.1) is 33.6 Å². The van der Waals surface area contributed by atoms with Crippen LogP contribution >= 0.6 is 11.3 Å². The van der Waals surface area contributed by atoms with Crippen LogP contribution in [0.2, 0.25) is 0 Å². The predicted octanol–water partition coefficient (Wildman–Crippen LogP) is 3.68. The summed E-state index contributed by atoms with van der Waals surface area (Å²) in [5, 5.41) is 16.5. The molecule has 0 aromatic carbocycles. The number of pyridine rings is 1. The van der Waals surface area contributed by atoms with Crippen LogP contribution in [0, 0.1) is 5.92 Å². The third kappa shape index (κ3) is 3.28. The van der Waals surface area contributed by atoms with Gasteiger partial charge in [0.2, 0.25) is 0 Å². The van der Waals surface area contributed by atoms with Crippen LogP contribution in [-0.4, -0.2) is 49.7 Å². The Labute approximate surface area is 166 Å². The number of rotatable bonds is 4. The molecule has 1 amide bonds. The summed E-state index contributed by atoms with van der Waals surface area (Å²) in [5.41, 5.74) is 1.95. The molecule has 4 rings (SSSR count). The molecule has 1 unspecified atom stereocenters. The number of fused-ring (bicyclic) bond motifs is 1. The van der Waals surface area contributed by atoms with Crippen LogP contribution in [0.25, 0.3) is 21.6 Å². The summed E-state index contributed by atoms with van der Waals surface area (Å²) >= 11 is 1.57. The van der Waals surface area contributed by atoms with E-state index in [9.17, 15) is 14.7 Å². The number of hydrogen-bond acceptors (Lipinski definition) is 5. The average molecular weight is 398 g/mol. The Kier molecular flexibility index (Phi) is 4.89. The van der Waals surface area contributed by atoms with E-state index >= 15 is 0 Å². The monoisotopic (exact) mass is 398 g/mol. The molecule has 0 radical (unpaired) electrons. The zero-order valence-corrected chi connectivity index (χ0v) is 16.6. The maximum atomic E-state index is 13.4. The van der Waals surface area contributed by atoms with Crippen molar-refractivity contribution in [1.82, 2.24) is 19.7 Å². The van der Waals surface area contributed by atoms with Gasteiger partial charge in [0, 0.05) is 19.1 Å². The molecule has 1 N–H and O–H groups in total. The second-order valence-electron chi connectivity index (χ2n) is 7.38. The van der Waals surface area contributed by atoms with E-state index in [0.29, 0.717) is 36.0 Å². The van der Waals surface area contributed by atoms with Crippen LogP contribution in [-0.2, 0) is 4.79 Å². The van der Waals surface area contributed by atoms with E-state index < -0.39 is 11.9 Å². The highest BCUT2D eigenvalue weighted by atomic mass is 32.1. The van der Waals surface area contributed by atoms with Crippen LogP contribution < -0.4 is 0 Å². The van der Waals surface area contributed by atoms with Crippen LogP contribution in [0.1, 0.15) is 43.1 Å². The van der Waals surface area contributed by atoms with E-state index in [2.05, 4.69) is 5.10 Å². The Bertz CT molecular complexity index is 1030. The van der Waals surface area contributed by atoms with Crippen molar-refractivity contribution in [2.45, 2.75) is 32.7 Å². The van der Waals surface area contributed by atoms with Gasteiger partial charge in [-0.1, -0.05) is 6.07 Å². The number of thiophene rings is 1. The van der Waals surface area contributed by atoms with Gasteiger partial charge in [0.15, 0.2) is 5.65 Å². The Morgan fingerprint density at radius 3 is 2.86 bits per heavy atom. The summed E-state index contributed by atoms with van der Waals surface area (Å²) in [6.45, 7) is 4.86. The Hall–Kier alpha value is -2.74. The molecule has 146 valence electrons. The van der Waals surface area contributed by atoms with Gasteiger partial charge in [-0.2, -0.15) is 5.10 Å². The molecule has 3 aromatic heterocycles. The standard InChI is InChI=1S/C20H22N4O3S/c1-12(2)24-18-15(10-21-24)14(9-16(22-18)17-6-4-8-28-17)19(25)23-7-3-5-13(11-23)20(26)27/h4,6,8-10,12-13H,3,5,7,11H2,1-2H3,(H,26,27). The molecule has 1 aliphatic rings. The number of aliphatic carboxylic acids is 1. The summed E-state index contributed by atoms with van der Waals surface area (Å²) in [7, 11) is 0. The number of likely N-dealkylation sites (tertiary alicyclic amines) is 1. The van der Waals surface area contributed by atoms with E-state index in [1.807, 2.05) is 42.1 Å². The van der Waals surface area contributed by atoms with Gasteiger partial charge in [-0.15, -0.1) is 11.3 Å². The van der Waals surface area contributed by atoms with Crippen molar-refractivity contribution in [3.8, 4) is 10.6 Å². The van der Waals surface area contributed by atoms with Gasteiger partial charge < -0.3 is 10.0 Å². The van der Waals surface area contributed by atoms with Crippen molar-refractivity contribution in [3.05, 3.63) is 35.3 Å². The normalized spacial score (nSPS) is 17.4. The van der Waals surface area contributed by atoms with Crippen LogP contribution in [0.3, 0.4) is 0 Å². The van der Waals surface area contributed by atoms with Crippen LogP contribution in [0.15, 0.2) is 29.8 Å². The quantitative estimate of drug-likeness (QED) is 0.724. The highest BCUT2D eigenvalue weighted by molar-refractivity contribution is 7.13. The molecule has 0 bridgehead atoms. The Balaban J connectivity index is 1.81. The minimum atomic E-state index is -0.843. The zero-order chi connectivity index (χ0) is 19.8. The van der Waals surface area contributed by atoms with E-state index in [0.717, 1.165) is 10.6 Å². The second-order valence-corrected chi connectivity index (χ2v) is 8.33. The number of piperidine rings is 1. The highest BCUT2D eigenvalue weighted by Crippen LogP contribution is 2.30. The Morgan fingerprint density at radius 2 is 2.18 bits per heavy atom. The molecule has 0 aliphatic carbocycles. The van der Waals surface area contributed by atoms with Gasteiger partial charge in [0.1, 0.15) is 0 Å². The number of carboxylic acids is 1. The molecule has 1 aliphatic heterocycles. The first kappa shape index (κ1) is 18.6. The lowest BCUT2D eigenvalue weighted by molar-refractivity contribution is -0.143. The number of carbonyl (C=O) groups excluding carboxylic acids is 1. The first-order chi connectivity index (χ1) is 13.5. The summed E-state index contributed by atoms with van der Waals surface area (Å²) in [5.74, 6) is -1.51. The van der Waals surface area contributed by atoms with Crippen LogP contribution in [0.5, 0.6) is 0 Å². The zero-order valence-electron chi connectivity index (χ0n) is 15.8. The number of carboxylic acid groups (broad SMARTS) is 1. The summed E-state index contributed by atoms with van der Waals surface area (Å²) in [6, 6.07) is 5.85. The third-order valence-corrected chi connectivity index (χ3v) is 6.01. The SMILES string of the molecule is CC(C)n1ncc2c(C(=O)N3CCCC(C(=O)O)C3)cc(-c3cccs3)nc21. The van der Waals surface area contributed by atoms with Gasteiger partial charge in [0.25, 0.3) is 5.91 Å². The molecular formula is C20H22N4O3S. The van der Waals surface area contributed by atoms with Crippen molar-refractivity contribution in [1.29, 1.82) is 0 Å². The molecule has 4 heterocycles. The Morgan fingerprint density at radius 1 is 1.36 bits per heavy atom. The summed E-state index contributed by atoms with van der Waals surface area (Å²) in [6.07, 6.45) is 2.99. The summed E-state index contributed by atoms with van der Waals surface area (Å²) < 4.78 is 1.82. The van der Waals surface area contributed by atoms with Crippen LogP contribution in [0.4, 0.5) is 0 Å². The predicted molar refractivity (Wildman–Crippen MR) is 107 cm³/mol. The number of hydrogen-bond donors (Lipinski definition) is 1. The number of amides is 1. The van der Waals surface area contributed by atoms with Crippen molar-refractivity contribution in [2.75, 3.05) is 13.1 Å². The van der Waals surface area contributed by atoms with Crippen molar-refractivity contribution in [2.24, 2.45) is 5.92 Å². The first-order valence-corrected chi connectivity index (χ1v) is 10.3. The smallest absolute Gasteiger partial charge is 0.308 e. The molecule has 7 nitrogen and oxygen atoms in total. The number of aromatic nitrogens is 3. The lowest BCUT2D eigenvalue weighted by atomic mass is 9.97. The molecule has 0 saturated carbocycles. The maximum Gasteiger partial charge on any atom is 0.308 e. The lowest BCUT2D eigenvalue weighted by Gasteiger charge is -2.31. The molecule has 1 saturated heterocycles. The number of nitrogens with zero attached hydrogens (tertiary/aromatic N) is 4. The van der Waals surface area contributed by atoms with Gasteiger partial charge >= 0.3 is 5.97 Å². The van der Waals surface area contributed by atoms with Crippen molar-refractivity contribution < 1.29 is 14.7 Å². The fourth-order valence-electron chi connectivity index (χ4n) is 3.66. The third-order valence-electron chi connectivity index (χ3n) is 5.12. The van der Waals surface area contributed by atoms with Crippen molar-refractivity contribution >= 4 is 34.2 Å². The number of carbonyl (C=O) groups is 2. The van der Waals surface area contributed by atoms with Gasteiger partial charge in [-0.25, -0.2) is 9.67 Å². The average Bonchev–Trinajstić information content (AvgIpc) is 3.36. The molecular weight excluding hydrogens is 376 g/mol. The van der Waals surface area contributed by atoms with Crippen molar-refractivity contribution in [3.63, 3.8) is 0 Å². The van der Waals surface area contributed by atoms with Gasteiger partial charge in [-0.05, 0) is 44.2 Å². The highest BCUT2D eigenvalue weighted by Gasteiger charge is 2.30. The fourth-order valence-corrected chi connectivity index (χ4v) is 4.34. The maximum absolute atomic E-state index is 13.4. The molecule has 28 heavy (non-hydrogen) atoms. The molecule has 3 aromatic rings. The fraction of sp³-hybridized carbons (Fsp3) is 0.400. The van der Waals surface area contributed by atoms with E-state index in [4.69, 9.17) is 4.98 Å². The minimum absolute atomic E-state index is 0.109. The molecule has 1 atom stereocenters. The molecule has 1 fully saturated rings. The van der Waals surface area contributed by atoms with E-state index in [1.54, 1.807) is 22.4 Å². The van der Waals surface area contributed by atoms with E-state index in [-0.39, 0.29) is 18.5 Å². The topological polar surface area (TPSA) is 88.3 Å². The summed E-state index contributed by atoms with van der Waals surface area (Å²) in [4.78, 5) is 32.2. The van der Waals surface area contributed by atoms with E-state index in [1.165, 1.54) is 0 Å². The molecule has 0 spiro atoms. The molecule has 8 heteroatoms. The minimum Gasteiger partial charge on any atom is -0.481 e. The first-order valence-electron chi connectivity index (χ1n) is 9.40. The lowest BCUT2D eigenvalue weighted by Crippen LogP contribution is -2.42.